The molecule has 0 saturated heterocycles. The zero-order valence-corrected chi connectivity index (χ0v) is 9.17. The van der Waals surface area contributed by atoms with E-state index in [0.717, 1.165) is 23.3 Å². The molecule has 2 rings (SSSR count). The maximum Gasteiger partial charge on any atom is 0.120 e. The molecule has 0 fully saturated rings. The second-order valence-corrected chi connectivity index (χ2v) is 3.60. The molecule has 1 heterocycles. The van der Waals surface area contributed by atoms with Crippen LogP contribution in [-0.2, 0) is 0 Å². The van der Waals surface area contributed by atoms with Crippen LogP contribution in [0, 0.1) is 11.8 Å². The largest absolute Gasteiger partial charge is 0.247 e. The lowest BCUT2D eigenvalue weighted by molar-refractivity contribution is 1.29. The molecule has 0 aliphatic rings. The van der Waals surface area contributed by atoms with Crippen molar-refractivity contribution in [2.75, 3.05) is 5.75 Å². The molecule has 0 unspecified atom stereocenters. The van der Waals surface area contributed by atoms with Crippen LogP contribution in [0.5, 0.6) is 0 Å². The highest BCUT2D eigenvalue weighted by molar-refractivity contribution is 7.80. The maximum atomic E-state index is 4.28. The molecule has 1 aromatic heterocycles. The molecule has 0 bridgehead atoms. The van der Waals surface area contributed by atoms with E-state index in [2.05, 4.69) is 35.5 Å². The van der Waals surface area contributed by atoms with Crippen LogP contribution in [0.4, 0.5) is 0 Å². The van der Waals surface area contributed by atoms with Gasteiger partial charge < -0.3 is 0 Å². The van der Waals surface area contributed by atoms with Gasteiger partial charge in [-0.05, 0) is 17.4 Å². The summed E-state index contributed by atoms with van der Waals surface area (Å²) >= 11 is 4.12. The van der Waals surface area contributed by atoms with Gasteiger partial charge in [-0.2, -0.15) is 12.6 Å². The molecular weight excluding hydrogens is 202 g/mol. The van der Waals surface area contributed by atoms with Crippen LogP contribution in [0.25, 0.3) is 10.8 Å². The molecule has 0 N–H and O–H groups in total. The molecule has 0 amide bonds. The van der Waals surface area contributed by atoms with Crippen LogP contribution in [0.15, 0.2) is 36.5 Å². The van der Waals surface area contributed by atoms with Gasteiger partial charge in [-0.25, -0.2) is 4.98 Å². The average Bonchev–Trinajstić information content (AvgIpc) is 2.30. The minimum Gasteiger partial charge on any atom is -0.247 e. The summed E-state index contributed by atoms with van der Waals surface area (Å²) in [5.41, 5.74) is 0.856. The van der Waals surface area contributed by atoms with Crippen molar-refractivity contribution in [1.82, 2.24) is 4.98 Å². The van der Waals surface area contributed by atoms with E-state index < -0.39 is 0 Å². The van der Waals surface area contributed by atoms with E-state index in [-0.39, 0.29) is 0 Å². The summed E-state index contributed by atoms with van der Waals surface area (Å²) in [5.74, 6) is 6.92. The average molecular weight is 213 g/mol. The summed E-state index contributed by atoms with van der Waals surface area (Å²) in [6, 6.07) is 10.1. The van der Waals surface area contributed by atoms with Gasteiger partial charge in [-0.1, -0.05) is 30.2 Å². The molecule has 0 aliphatic heterocycles. The minimum atomic E-state index is 0.789. The van der Waals surface area contributed by atoms with E-state index in [1.165, 1.54) is 5.39 Å². The van der Waals surface area contributed by atoms with Crippen molar-refractivity contribution in [3.63, 3.8) is 0 Å². The number of pyridine rings is 1. The Bertz CT molecular complexity index is 517. The molecule has 0 atom stereocenters. The zero-order chi connectivity index (χ0) is 10.5. The Kier molecular flexibility index (Phi) is 3.26. The summed E-state index contributed by atoms with van der Waals surface area (Å²) in [6.45, 7) is 0. The summed E-state index contributed by atoms with van der Waals surface area (Å²) in [7, 11) is 0. The summed E-state index contributed by atoms with van der Waals surface area (Å²) in [5, 5.41) is 2.30. The van der Waals surface area contributed by atoms with Gasteiger partial charge in [0, 0.05) is 23.8 Å². The molecule has 0 saturated carbocycles. The fourth-order valence-electron chi connectivity index (χ4n) is 1.42. The van der Waals surface area contributed by atoms with E-state index in [1.807, 2.05) is 24.3 Å². The monoisotopic (exact) mass is 213 g/mol. The Morgan fingerprint density at radius 2 is 2.07 bits per heavy atom. The number of nitrogens with zero attached hydrogens (tertiary/aromatic N) is 1. The van der Waals surface area contributed by atoms with E-state index in [4.69, 9.17) is 0 Å². The lowest BCUT2D eigenvalue weighted by Crippen LogP contribution is -1.84. The molecule has 1 aromatic carbocycles. The Hall–Kier alpha value is -1.46. The number of fused-ring (bicyclic) bond motifs is 1. The first-order chi connectivity index (χ1) is 7.42. The first-order valence-corrected chi connectivity index (χ1v) is 5.48. The number of hydrogen-bond donors (Lipinski definition) is 1. The molecule has 1 nitrogen and oxygen atoms in total. The number of thiol groups is 1. The lowest BCUT2D eigenvalue weighted by atomic mass is 10.1. The predicted octanol–water partition coefficient (Wildman–Crippen LogP) is 2.91. The SMILES string of the molecule is SCCC#Cc1nccc2ccccc12. The van der Waals surface area contributed by atoms with Crippen LogP contribution in [0.3, 0.4) is 0 Å². The van der Waals surface area contributed by atoms with Crippen molar-refractivity contribution in [2.24, 2.45) is 0 Å². The summed E-state index contributed by atoms with van der Waals surface area (Å²) < 4.78 is 0. The summed E-state index contributed by atoms with van der Waals surface area (Å²) in [6.07, 6.45) is 2.60. The van der Waals surface area contributed by atoms with Gasteiger partial charge in [0.05, 0.1) is 0 Å². The van der Waals surface area contributed by atoms with E-state index >= 15 is 0 Å². The normalized spacial score (nSPS) is 9.67. The van der Waals surface area contributed by atoms with Gasteiger partial charge in [-0.3, -0.25) is 0 Å². The fourth-order valence-corrected chi connectivity index (χ4v) is 1.53. The number of aromatic nitrogens is 1. The Morgan fingerprint density at radius 1 is 1.20 bits per heavy atom. The van der Waals surface area contributed by atoms with Crippen molar-refractivity contribution < 1.29 is 0 Å². The standard InChI is InChI=1S/C13H11NS/c15-10-4-3-7-13-12-6-2-1-5-11(12)8-9-14-13/h1-2,5-6,8-9,15H,4,10H2. The fraction of sp³-hybridized carbons (Fsp3) is 0.154. The highest BCUT2D eigenvalue weighted by Gasteiger charge is 1.96. The number of hydrogen-bond acceptors (Lipinski definition) is 2. The molecule has 0 spiro atoms. The van der Waals surface area contributed by atoms with Crippen molar-refractivity contribution in [3.8, 4) is 11.8 Å². The van der Waals surface area contributed by atoms with Crippen molar-refractivity contribution in [1.29, 1.82) is 0 Å². The highest BCUT2D eigenvalue weighted by atomic mass is 32.1. The number of rotatable bonds is 1. The van der Waals surface area contributed by atoms with Gasteiger partial charge in [0.1, 0.15) is 5.69 Å². The van der Waals surface area contributed by atoms with Crippen LogP contribution in [0.1, 0.15) is 12.1 Å². The maximum absolute atomic E-state index is 4.28. The Balaban J connectivity index is 2.48. The van der Waals surface area contributed by atoms with Crippen LogP contribution in [-0.4, -0.2) is 10.7 Å². The van der Waals surface area contributed by atoms with Gasteiger partial charge >= 0.3 is 0 Å². The van der Waals surface area contributed by atoms with Crippen molar-refractivity contribution >= 4 is 23.4 Å². The van der Waals surface area contributed by atoms with E-state index in [9.17, 15) is 0 Å². The zero-order valence-electron chi connectivity index (χ0n) is 8.27. The third-order valence-corrected chi connectivity index (χ3v) is 2.34. The first-order valence-electron chi connectivity index (χ1n) is 4.85. The second kappa shape index (κ2) is 4.86. The molecule has 0 aliphatic carbocycles. The van der Waals surface area contributed by atoms with Crippen molar-refractivity contribution in [2.45, 2.75) is 6.42 Å². The quantitative estimate of drug-likeness (QED) is 0.567. The van der Waals surface area contributed by atoms with E-state index in [0.29, 0.717) is 0 Å². The first kappa shape index (κ1) is 10.1. The van der Waals surface area contributed by atoms with Crippen LogP contribution < -0.4 is 0 Å². The van der Waals surface area contributed by atoms with E-state index in [1.54, 1.807) is 6.20 Å². The Morgan fingerprint density at radius 3 is 2.93 bits per heavy atom. The molecule has 2 aromatic rings. The Labute approximate surface area is 94.9 Å². The topological polar surface area (TPSA) is 12.9 Å². The van der Waals surface area contributed by atoms with Crippen molar-refractivity contribution in [3.05, 3.63) is 42.2 Å². The van der Waals surface area contributed by atoms with Gasteiger partial charge in [-0.15, -0.1) is 0 Å². The third-order valence-electron chi connectivity index (χ3n) is 2.12. The third kappa shape index (κ3) is 2.31. The second-order valence-electron chi connectivity index (χ2n) is 3.16. The van der Waals surface area contributed by atoms with Gasteiger partial charge in [0.15, 0.2) is 0 Å². The molecule has 0 radical (unpaired) electrons. The lowest BCUT2D eigenvalue weighted by Gasteiger charge is -1.98. The van der Waals surface area contributed by atoms with Crippen LogP contribution >= 0.6 is 12.6 Å². The smallest absolute Gasteiger partial charge is 0.120 e. The van der Waals surface area contributed by atoms with Crippen LogP contribution in [0.2, 0.25) is 0 Å². The minimum absolute atomic E-state index is 0.789. The molecule has 74 valence electrons. The summed E-state index contributed by atoms with van der Waals surface area (Å²) in [4.78, 5) is 4.28. The molecule has 15 heavy (non-hydrogen) atoms. The molecular formula is C13H11NS. The van der Waals surface area contributed by atoms with Gasteiger partial charge in [0.25, 0.3) is 0 Å². The highest BCUT2D eigenvalue weighted by Crippen LogP contribution is 2.15. The number of benzene rings is 1. The predicted molar refractivity (Wildman–Crippen MR) is 67.1 cm³/mol. The molecule has 2 heteroatoms. The van der Waals surface area contributed by atoms with Gasteiger partial charge in [0.2, 0.25) is 0 Å².